The molecule has 1 rings (SSSR count). The molecule has 2 nitrogen and oxygen atoms in total. The summed E-state index contributed by atoms with van der Waals surface area (Å²) >= 11 is -1.86. The van der Waals surface area contributed by atoms with Crippen LogP contribution in [0.4, 0.5) is 0 Å². The molecule has 0 aliphatic carbocycles. The van der Waals surface area contributed by atoms with E-state index in [1.54, 1.807) is 6.07 Å². The average Bonchev–Trinajstić information content (AvgIpc) is 2.49. The third-order valence-electron chi connectivity index (χ3n) is 3.96. The van der Waals surface area contributed by atoms with E-state index in [2.05, 4.69) is 6.92 Å². The van der Waals surface area contributed by atoms with Crippen LogP contribution in [-0.2, 0) is 17.5 Å². The van der Waals surface area contributed by atoms with Crippen molar-refractivity contribution in [1.29, 1.82) is 0 Å². The molecular formula is C18H30O2S. The van der Waals surface area contributed by atoms with E-state index in [0.29, 0.717) is 4.90 Å². The molecule has 0 aromatic heterocycles. The highest BCUT2D eigenvalue weighted by Gasteiger charge is 2.06. The molecule has 1 aromatic carbocycles. The summed E-state index contributed by atoms with van der Waals surface area (Å²) in [5, 5.41) is 0. The van der Waals surface area contributed by atoms with Gasteiger partial charge in [-0.15, -0.1) is 0 Å². The second-order valence-electron chi connectivity index (χ2n) is 5.79. The van der Waals surface area contributed by atoms with E-state index in [0.717, 1.165) is 18.4 Å². The van der Waals surface area contributed by atoms with Crippen LogP contribution in [0.25, 0.3) is 0 Å². The van der Waals surface area contributed by atoms with Crippen LogP contribution in [-0.4, -0.2) is 8.76 Å². The lowest BCUT2D eigenvalue weighted by atomic mass is 10.0. The Morgan fingerprint density at radius 2 is 1.38 bits per heavy atom. The SMILES string of the molecule is CCCCCCCCCCCCc1ccccc1S(=O)O. The van der Waals surface area contributed by atoms with Crippen molar-refractivity contribution in [3.05, 3.63) is 29.8 Å². The molecule has 1 aromatic rings. The minimum atomic E-state index is -1.86. The topological polar surface area (TPSA) is 37.3 Å². The molecule has 1 atom stereocenters. The van der Waals surface area contributed by atoms with Crippen molar-refractivity contribution in [3.8, 4) is 0 Å². The van der Waals surface area contributed by atoms with Gasteiger partial charge in [-0.05, 0) is 24.5 Å². The Kier molecular flexibility index (Phi) is 10.4. The minimum Gasteiger partial charge on any atom is -0.302 e. The normalized spacial score (nSPS) is 12.5. The standard InChI is InChI=1S/C18H30O2S/c1-2-3-4-5-6-7-8-9-10-11-14-17-15-12-13-16-18(17)21(19)20/h12-13,15-16H,2-11,14H2,1H3,(H,19,20). The van der Waals surface area contributed by atoms with Gasteiger partial charge in [-0.3, -0.25) is 0 Å². The van der Waals surface area contributed by atoms with Gasteiger partial charge < -0.3 is 4.55 Å². The Morgan fingerprint density at radius 1 is 0.857 bits per heavy atom. The Balaban J connectivity index is 2.06. The molecule has 0 heterocycles. The number of benzene rings is 1. The van der Waals surface area contributed by atoms with E-state index in [1.165, 1.54) is 57.8 Å². The maximum atomic E-state index is 11.2. The highest BCUT2D eigenvalue weighted by Crippen LogP contribution is 2.16. The first-order valence-electron chi connectivity index (χ1n) is 8.44. The maximum Gasteiger partial charge on any atom is 0.186 e. The van der Waals surface area contributed by atoms with Gasteiger partial charge in [0.1, 0.15) is 0 Å². The molecule has 0 saturated heterocycles. The Morgan fingerprint density at radius 3 is 1.95 bits per heavy atom. The summed E-state index contributed by atoms with van der Waals surface area (Å²) in [7, 11) is 0. The molecule has 21 heavy (non-hydrogen) atoms. The van der Waals surface area contributed by atoms with E-state index in [4.69, 9.17) is 0 Å². The molecule has 0 amide bonds. The molecule has 0 aliphatic rings. The smallest absolute Gasteiger partial charge is 0.186 e. The summed E-state index contributed by atoms with van der Waals surface area (Å²) < 4.78 is 20.5. The van der Waals surface area contributed by atoms with Crippen LogP contribution >= 0.6 is 0 Å². The van der Waals surface area contributed by atoms with Crippen molar-refractivity contribution in [2.24, 2.45) is 0 Å². The van der Waals surface area contributed by atoms with Gasteiger partial charge in [-0.2, -0.15) is 0 Å². The van der Waals surface area contributed by atoms with Gasteiger partial charge in [0.25, 0.3) is 0 Å². The maximum absolute atomic E-state index is 11.2. The lowest BCUT2D eigenvalue weighted by molar-refractivity contribution is 0.553. The minimum absolute atomic E-state index is 0.577. The van der Waals surface area contributed by atoms with Crippen LogP contribution in [0.1, 0.15) is 76.7 Å². The van der Waals surface area contributed by atoms with E-state index in [1.807, 2.05) is 18.2 Å². The quantitative estimate of drug-likeness (QED) is 0.395. The first kappa shape index (κ1) is 18.4. The van der Waals surface area contributed by atoms with Crippen molar-refractivity contribution in [2.75, 3.05) is 0 Å². The molecule has 0 fully saturated rings. The monoisotopic (exact) mass is 310 g/mol. The van der Waals surface area contributed by atoms with Crippen LogP contribution in [0.5, 0.6) is 0 Å². The molecule has 1 unspecified atom stereocenters. The summed E-state index contributed by atoms with van der Waals surface area (Å²) in [4.78, 5) is 0.577. The molecule has 0 saturated carbocycles. The molecule has 0 aliphatic heterocycles. The Bertz CT molecular complexity index is 404. The number of unbranched alkanes of at least 4 members (excludes halogenated alkanes) is 9. The van der Waals surface area contributed by atoms with Crippen molar-refractivity contribution in [3.63, 3.8) is 0 Å². The van der Waals surface area contributed by atoms with Crippen LogP contribution in [0.3, 0.4) is 0 Å². The fourth-order valence-corrected chi connectivity index (χ4v) is 3.27. The van der Waals surface area contributed by atoms with Gasteiger partial charge in [-0.1, -0.05) is 82.9 Å². The van der Waals surface area contributed by atoms with Gasteiger partial charge in [0.05, 0.1) is 4.90 Å². The Labute approximate surface area is 132 Å². The lowest BCUT2D eigenvalue weighted by Gasteiger charge is -2.06. The number of aryl methyl sites for hydroxylation is 1. The fraction of sp³-hybridized carbons (Fsp3) is 0.667. The summed E-state index contributed by atoms with van der Waals surface area (Å²) in [5.74, 6) is 0. The third kappa shape index (κ3) is 8.37. The van der Waals surface area contributed by atoms with Crippen LogP contribution < -0.4 is 0 Å². The zero-order valence-electron chi connectivity index (χ0n) is 13.4. The number of hydrogen-bond donors (Lipinski definition) is 1. The number of rotatable bonds is 12. The second-order valence-corrected chi connectivity index (χ2v) is 6.73. The van der Waals surface area contributed by atoms with E-state index in [-0.39, 0.29) is 0 Å². The third-order valence-corrected chi connectivity index (χ3v) is 4.73. The highest BCUT2D eigenvalue weighted by molar-refractivity contribution is 7.79. The van der Waals surface area contributed by atoms with Crippen molar-refractivity contribution >= 4 is 11.1 Å². The molecule has 0 radical (unpaired) electrons. The molecule has 0 bridgehead atoms. The van der Waals surface area contributed by atoms with Gasteiger partial charge in [-0.25, -0.2) is 4.21 Å². The highest BCUT2D eigenvalue weighted by atomic mass is 32.2. The summed E-state index contributed by atoms with van der Waals surface area (Å²) in [6.07, 6.45) is 14.1. The van der Waals surface area contributed by atoms with E-state index < -0.39 is 11.1 Å². The molecule has 120 valence electrons. The predicted octanol–water partition coefficient (Wildman–Crippen LogP) is 5.73. The van der Waals surface area contributed by atoms with Crippen molar-refractivity contribution < 1.29 is 8.76 Å². The summed E-state index contributed by atoms with van der Waals surface area (Å²) in [6.45, 7) is 2.25. The van der Waals surface area contributed by atoms with Gasteiger partial charge in [0, 0.05) is 0 Å². The fourth-order valence-electron chi connectivity index (χ4n) is 2.68. The predicted molar refractivity (Wildman–Crippen MR) is 91.0 cm³/mol. The average molecular weight is 311 g/mol. The van der Waals surface area contributed by atoms with E-state index in [9.17, 15) is 8.76 Å². The van der Waals surface area contributed by atoms with Crippen LogP contribution in [0, 0.1) is 0 Å². The van der Waals surface area contributed by atoms with Crippen LogP contribution in [0.15, 0.2) is 29.2 Å². The Hall–Kier alpha value is -0.670. The second kappa shape index (κ2) is 11.9. The first-order chi connectivity index (χ1) is 10.3. The summed E-state index contributed by atoms with van der Waals surface area (Å²) in [6, 6.07) is 7.49. The molecule has 1 N–H and O–H groups in total. The zero-order chi connectivity index (χ0) is 15.3. The van der Waals surface area contributed by atoms with Gasteiger partial charge >= 0.3 is 0 Å². The molecule has 3 heteroatoms. The summed E-state index contributed by atoms with van der Waals surface area (Å²) in [5.41, 5.74) is 1.03. The van der Waals surface area contributed by atoms with E-state index >= 15 is 0 Å². The van der Waals surface area contributed by atoms with Crippen LogP contribution in [0.2, 0.25) is 0 Å². The van der Waals surface area contributed by atoms with Gasteiger partial charge in [0.2, 0.25) is 0 Å². The lowest BCUT2D eigenvalue weighted by Crippen LogP contribution is -1.96. The number of hydrogen-bond acceptors (Lipinski definition) is 1. The molecule has 0 spiro atoms. The van der Waals surface area contributed by atoms with Gasteiger partial charge in [0.15, 0.2) is 11.1 Å². The van der Waals surface area contributed by atoms with Crippen molar-refractivity contribution in [1.82, 2.24) is 0 Å². The molecular weight excluding hydrogens is 280 g/mol. The zero-order valence-corrected chi connectivity index (χ0v) is 14.2. The largest absolute Gasteiger partial charge is 0.302 e. The first-order valence-corrected chi connectivity index (χ1v) is 9.55. The van der Waals surface area contributed by atoms with Crippen molar-refractivity contribution in [2.45, 2.75) is 82.4 Å².